The van der Waals surface area contributed by atoms with Crippen LogP contribution < -0.4 is 14.8 Å². The summed E-state index contributed by atoms with van der Waals surface area (Å²) in [6.45, 7) is 4.82. The number of rotatable bonds is 7. The van der Waals surface area contributed by atoms with Crippen molar-refractivity contribution in [1.82, 2.24) is 15.0 Å². The molecular weight excluding hydrogens is 392 g/mol. The summed E-state index contributed by atoms with van der Waals surface area (Å²) in [7, 11) is 1.63. The number of anilines is 1. The van der Waals surface area contributed by atoms with E-state index in [2.05, 4.69) is 29.4 Å². The first-order valence-corrected chi connectivity index (χ1v) is 10.1. The third kappa shape index (κ3) is 4.83. The van der Waals surface area contributed by atoms with Crippen LogP contribution in [0.25, 0.3) is 16.7 Å². The molecule has 0 unspecified atom stereocenters. The summed E-state index contributed by atoms with van der Waals surface area (Å²) < 4.78 is 10.8. The first-order chi connectivity index (χ1) is 15.0. The number of hydrogen-bond donors (Lipinski definition) is 1. The van der Waals surface area contributed by atoms with Crippen LogP contribution in [0.4, 0.5) is 5.69 Å². The van der Waals surface area contributed by atoms with Gasteiger partial charge in [0.15, 0.2) is 0 Å². The SMILES string of the molecule is COc1ccc(-n2nc3ccc(NC(=O)c4ccc(OCC(C)C)cc4)cc3n2)cc1. The van der Waals surface area contributed by atoms with Gasteiger partial charge in [-0.1, -0.05) is 13.8 Å². The van der Waals surface area contributed by atoms with E-state index in [1.165, 1.54) is 0 Å². The largest absolute Gasteiger partial charge is 0.497 e. The molecule has 0 atom stereocenters. The molecule has 4 rings (SSSR count). The Bertz CT molecular complexity index is 1180. The number of benzene rings is 3. The maximum absolute atomic E-state index is 12.6. The maximum Gasteiger partial charge on any atom is 0.255 e. The molecule has 31 heavy (non-hydrogen) atoms. The molecule has 0 saturated heterocycles. The molecule has 0 aliphatic carbocycles. The zero-order valence-electron chi connectivity index (χ0n) is 17.7. The van der Waals surface area contributed by atoms with Crippen LogP contribution >= 0.6 is 0 Å². The van der Waals surface area contributed by atoms with Crippen LogP contribution in [-0.4, -0.2) is 34.6 Å². The molecule has 0 aliphatic heterocycles. The smallest absolute Gasteiger partial charge is 0.255 e. The van der Waals surface area contributed by atoms with E-state index in [4.69, 9.17) is 9.47 Å². The number of nitrogens with zero attached hydrogens (tertiary/aromatic N) is 3. The van der Waals surface area contributed by atoms with Gasteiger partial charge in [-0.2, -0.15) is 4.80 Å². The van der Waals surface area contributed by atoms with Crippen LogP contribution in [-0.2, 0) is 0 Å². The highest BCUT2D eigenvalue weighted by Crippen LogP contribution is 2.20. The van der Waals surface area contributed by atoms with Crippen LogP contribution in [0.5, 0.6) is 11.5 Å². The summed E-state index contributed by atoms with van der Waals surface area (Å²) in [5.41, 5.74) is 3.45. The number of methoxy groups -OCH3 is 1. The van der Waals surface area contributed by atoms with Crippen molar-refractivity contribution < 1.29 is 14.3 Å². The van der Waals surface area contributed by atoms with Gasteiger partial charge < -0.3 is 14.8 Å². The Kier molecular flexibility index (Phi) is 5.84. The van der Waals surface area contributed by atoms with E-state index in [0.29, 0.717) is 29.3 Å². The van der Waals surface area contributed by atoms with E-state index in [1.807, 2.05) is 36.4 Å². The molecule has 1 heterocycles. The van der Waals surface area contributed by atoms with Crippen molar-refractivity contribution in [3.05, 3.63) is 72.3 Å². The van der Waals surface area contributed by atoms with E-state index < -0.39 is 0 Å². The van der Waals surface area contributed by atoms with Gasteiger partial charge in [0.1, 0.15) is 22.5 Å². The molecule has 0 radical (unpaired) electrons. The minimum Gasteiger partial charge on any atom is -0.497 e. The molecule has 1 aromatic heterocycles. The van der Waals surface area contributed by atoms with Gasteiger partial charge >= 0.3 is 0 Å². The summed E-state index contributed by atoms with van der Waals surface area (Å²) in [4.78, 5) is 14.2. The van der Waals surface area contributed by atoms with E-state index in [1.54, 1.807) is 42.2 Å². The quantitative estimate of drug-likeness (QED) is 0.472. The molecule has 1 N–H and O–H groups in total. The second-order valence-electron chi connectivity index (χ2n) is 7.57. The summed E-state index contributed by atoms with van der Waals surface area (Å²) in [6, 6.07) is 20.1. The Hall–Kier alpha value is -3.87. The first-order valence-electron chi connectivity index (χ1n) is 10.1. The summed E-state index contributed by atoms with van der Waals surface area (Å²) in [6.07, 6.45) is 0. The molecule has 0 saturated carbocycles. The van der Waals surface area contributed by atoms with Gasteiger partial charge in [0.25, 0.3) is 5.91 Å². The molecule has 0 bridgehead atoms. The van der Waals surface area contributed by atoms with Crippen molar-refractivity contribution in [2.24, 2.45) is 5.92 Å². The van der Waals surface area contributed by atoms with E-state index >= 15 is 0 Å². The van der Waals surface area contributed by atoms with Gasteiger partial charge in [0, 0.05) is 11.3 Å². The predicted octanol–water partition coefficient (Wildman–Crippen LogP) is 4.72. The lowest BCUT2D eigenvalue weighted by Crippen LogP contribution is -2.12. The lowest BCUT2D eigenvalue weighted by atomic mass is 10.2. The highest BCUT2D eigenvalue weighted by atomic mass is 16.5. The average molecular weight is 416 g/mol. The zero-order chi connectivity index (χ0) is 21.8. The lowest BCUT2D eigenvalue weighted by Gasteiger charge is -2.09. The first kappa shape index (κ1) is 20.4. The van der Waals surface area contributed by atoms with Crippen LogP contribution in [0, 0.1) is 5.92 Å². The Morgan fingerprint density at radius 3 is 2.29 bits per heavy atom. The highest BCUT2D eigenvalue weighted by molar-refractivity contribution is 6.05. The molecule has 0 fully saturated rings. The Balaban J connectivity index is 1.47. The van der Waals surface area contributed by atoms with Crippen LogP contribution in [0.3, 0.4) is 0 Å². The second-order valence-corrected chi connectivity index (χ2v) is 7.57. The highest BCUT2D eigenvalue weighted by Gasteiger charge is 2.10. The molecule has 158 valence electrons. The van der Waals surface area contributed by atoms with Crippen LogP contribution in [0.15, 0.2) is 66.7 Å². The number of nitrogens with one attached hydrogen (secondary N) is 1. The molecular formula is C24H24N4O3. The number of amides is 1. The second kappa shape index (κ2) is 8.87. The maximum atomic E-state index is 12.6. The fourth-order valence-electron chi connectivity index (χ4n) is 2.99. The minimum absolute atomic E-state index is 0.197. The summed E-state index contributed by atoms with van der Waals surface area (Å²) in [5.74, 6) is 1.77. The fourth-order valence-corrected chi connectivity index (χ4v) is 2.99. The summed E-state index contributed by atoms with van der Waals surface area (Å²) >= 11 is 0. The van der Waals surface area contributed by atoms with E-state index in [-0.39, 0.29) is 5.91 Å². The third-order valence-corrected chi connectivity index (χ3v) is 4.64. The third-order valence-electron chi connectivity index (χ3n) is 4.64. The van der Waals surface area contributed by atoms with Gasteiger partial charge in [-0.25, -0.2) is 0 Å². The lowest BCUT2D eigenvalue weighted by molar-refractivity contribution is 0.102. The fraction of sp³-hybridized carbons (Fsp3) is 0.208. The normalized spacial score (nSPS) is 11.0. The van der Waals surface area contributed by atoms with Crippen molar-refractivity contribution in [1.29, 1.82) is 0 Å². The predicted molar refractivity (Wildman–Crippen MR) is 120 cm³/mol. The van der Waals surface area contributed by atoms with Gasteiger partial charge in [-0.3, -0.25) is 4.79 Å². The van der Waals surface area contributed by atoms with Crippen molar-refractivity contribution in [3.8, 4) is 17.2 Å². The van der Waals surface area contributed by atoms with Gasteiger partial charge in [0.2, 0.25) is 0 Å². The van der Waals surface area contributed by atoms with Crippen LogP contribution in [0.1, 0.15) is 24.2 Å². The van der Waals surface area contributed by atoms with E-state index in [0.717, 1.165) is 22.7 Å². The molecule has 0 spiro atoms. The average Bonchev–Trinajstić information content (AvgIpc) is 3.21. The molecule has 0 aliphatic rings. The number of fused-ring (bicyclic) bond motifs is 1. The van der Waals surface area contributed by atoms with Gasteiger partial charge in [0.05, 0.1) is 19.4 Å². The van der Waals surface area contributed by atoms with Crippen molar-refractivity contribution in [2.45, 2.75) is 13.8 Å². The number of aromatic nitrogens is 3. The van der Waals surface area contributed by atoms with E-state index in [9.17, 15) is 4.79 Å². The Morgan fingerprint density at radius 1 is 0.935 bits per heavy atom. The van der Waals surface area contributed by atoms with Gasteiger partial charge in [-0.15, -0.1) is 10.2 Å². The molecule has 7 nitrogen and oxygen atoms in total. The van der Waals surface area contributed by atoms with Crippen molar-refractivity contribution in [3.63, 3.8) is 0 Å². The molecule has 1 amide bonds. The molecule has 3 aromatic carbocycles. The monoisotopic (exact) mass is 416 g/mol. The number of ether oxygens (including phenoxy) is 2. The van der Waals surface area contributed by atoms with Crippen molar-refractivity contribution in [2.75, 3.05) is 19.0 Å². The zero-order valence-corrected chi connectivity index (χ0v) is 17.7. The van der Waals surface area contributed by atoms with Gasteiger partial charge in [-0.05, 0) is 72.6 Å². The van der Waals surface area contributed by atoms with Crippen LogP contribution in [0.2, 0.25) is 0 Å². The molecule has 7 heteroatoms. The molecule has 4 aromatic rings. The minimum atomic E-state index is -0.197. The van der Waals surface area contributed by atoms with Crippen molar-refractivity contribution >= 4 is 22.6 Å². The Labute approximate surface area is 180 Å². The number of carbonyl (C=O) groups excluding carboxylic acids is 1. The Morgan fingerprint density at radius 2 is 1.61 bits per heavy atom. The standard InChI is InChI=1S/C24H24N4O3/c1-16(2)15-31-21-9-4-17(5-10-21)24(29)25-18-6-13-22-23(14-18)27-28(26-22)19-7-11-20(30-3)12-8-19/h4-14,16H,15H2,1-3H3,(H,25,29). The number of carbonyl (C=O) groups is 1. The number of hydrogen-bond acceptors (Lipinski definition) is 5. The topological polar surface area (TPSA) is 78.3 Å². The summed E-state index contributed by atoms with van der Waals surface area (Å²) in [5, 5.41) is 11.9.